The Morgan fingerprint density at radius 1 is 1.00 bits per heavy atom. The number of esters is 1. The maximum absolute atomic E-state index is 12.4. The third kappa shape index (κ3) is 9.56. The van der Waals surface area contributed by atoms with Gasteiger partial charge in [0, 0.05) is 20.6 Å². The molecule has 0 radical (unpaired) electrons. The van der Waals surface area contributed by atoms with E-state index in [2.05, 4.69) is 17.6 Å². The molecule has 6 nitrogen and oxygen atoms in total. The summed E-state index contributed by atoms with van der Waals surface area (Å²) in [7, 11) is 4.70. The van der Waals surface area contributed by atoms with Gasteiger partial charge in [-0.2, -0.15) is 0 Å². The summed E-state index contributed by atoms with van der Waals surface area (Å²) in [5.41, 5.74) is 0.969. The standard InChI is InChI=1S/C23H39N3O3S2/c1-6-7-8-9-10-11-12-13-14-15-16-24-23(30)25-20-18(22(28)29-5)17(2)19(31-20)21(27)26(3)4/h6-16H2,1-5H3,(H2,24,25,30). The molecule has 0 aliphatic carbocycles. The highest BCUT2D eigenvalue weighted by Gasteiger charge is 2.26. The fourth-order valence-corrected chi connectivity index (χ4v) is 4.81. The number of methoxy groups -OCH3 is 1. The summed E-state index contributed by atoms with van der Waals surface area (Å²) in [5, 5.41) is 7.27. The molecule has 1 amide bonds. The van der Waals surface area contributed by atoms with Crippen molar-refractivity contribution in [2.24, 2.45) is 0 Å². The molecular weight excluding hydrogens is 430 g/mol. The Bertz CT molecular complexity index is 717. The second-order valence-corrected chi connectivity index (χ2v) is 9.44. The number of hydrogen-bond acceptors (Lipinski definition) is 5. The van der Waals surface area contributed by atoms with E-state index < -0.39 is 5.97 Å². The molecule has 0 atom stereocenters. The zero-order chi connectivity index (χ0) is 23.2. The molecule has 1 aromatic heterocycles. The van der Waals surface area contributed by atoms with Crippen LogP contribution in [0, 0.1) is 6.92 Å². The van der Waals surface area contributed by atoms with Crippen molar-refractivity contribution in [1.82, 2.24) is 10.2 Å². The Hall–Kier alpha value is -1.67. The number of carbonyl (C=O) groups excluding carboxylic acids is 2. The van der Waals surface area contributed by atoms with Gasteiger partial charge in [-0.1, -0.05) is 64.7 Å². The monoisotopic (exact) mass is 469 g/mol. The zero-order valence-corrected chi connectivity index (χ0v) is 21.4. The number of anilines is 1. The van der Waals surface area contributed by atoms with Gasteiger partial charge in [0.1, 0.15) is 5.00 Å². The minimum absolute atomic E-state index is 0.148. The summed E-state index contributed by atoms with van der Waals surface area (Å²) in [4.78, 5) is 26.7. The van der Waals surface area contributed by atoms with Crippen molar-refractivity contribution in [3.05, 3.63) is 16.0 Å². The predicted molar refractivity (Wildman–Crippen MR) is 134 cm³/mol. The lowest BCUT2D eigenvalue weighted by molar-refractivity contribution is 0.0601. The Balaban J connectivity index is 2.43. The first-order valence-electron chi connectivity index (χ1n) is 11.3. The number of thiocarbonyl (C=S) groups is 1. The fourth-order valence-electron chi connectivity index (χ4n) is 3.32. The summed E-state index contributed by atoms with van der Waals surface area (Å²) in [5.74, 6) is -0.628. The molecule has 0 unspecified atom stereocenters. The maximum atomic E-state index is 12.4. The van der Waals surface area contributed by atoms with Crippen LogP contribution >= 0.6 is 23.6 Å². The number of amides is 1. The van der Waals surface area contributed by atoms with Gasteiger partial charge in [0.25, 0.3) is 5.91 Å². The van der Waals surface area contributed by atoms with Gasteiger partial charge < -0.3 is 20.3 Å². The van der Waals surface area contributed by atoms with E-state index in [1.807, 2.05) is 0 Å². The molecule has 0 spiro atoms. The van der Waals surface area contributed by atoms with E-state index in [1.54, 1.807) is 21.0 Å². The third-order valence-corrected chi connectivity index (χ3v) is 6.62. The van der Waals surface area contributed by atoms with Gasteiger partial charge in [-0.3, -0.25) is 4.79 Å². The molecule has 1 rings (SSSR count). The van der Waals surface area contributed by atoms with Crippen LogP contribution in [0.25, 0.3) is 0 Å². The average Bonchev–Trinajstić information content (AvgIpc) is 3.06. The van der Waals surface area contributed by atoms with Crippen LogP contribution < -0.4 is 10.6 Å². The van der Waals surface area contributed by atoms with Crippen molar-refractivity contribution in [2.75, 3.05) is 33.1 Å². The lowest BCUT2D eigenvalue weighted by atomic mass is 10.1. The summed E-state index contributed by atoms with van der Waals surface area (Å²) in [6.45, 7) is 4.78. The number of carbonyl (C=O) groups is 2. The van der Waals surface area contributed by atoms with Crippen LogP contribution in [0.3, 0.4) is 0 Å². The zero-order valence-electron chi connectivity index (χ0n) is 19.8. The number of nitrogens with one attached hydrogen (secondary N) is 2. The second-order valence-electron chi connectivity index (χ2n) is 8.01. The van der Waals surface area contributed by atoms with Crippen LogP contribution in [0.15, 0.2) is 0 Å². The number of rotatable bonds is 14. The Kier molecular flexibility index (Phi) is 13.4. The van der Waals surface area contributed by atoms with E-state index in [1.165, 1.54) is 81.1 Å². The highest BCUT2D eigenvalue weighted by atomic mass is 32.1. The molecule has 0 saturated carbocycles. The molecule has 0 aliphatic heterocycles. The van der Waals surface area contributed by atoms with Crippen LogP contribution in [0.2, 0.25) is 0 Å². The van der Waals surface area contributed by atoms with Crippen molar-refractivity contribution < 1.29 is 14.3 Å². The van der Waals surface area contributed by atoms with Gasteiger partial charge in [-0.25, -0.2) is 4.79 Å². The van der Waals surface area contributed by atoms with E-state index in [4.69, 9.17) is 17.0 Å². The molecule has 0 aromatic carbocycles. The first kappa shape index (κ1) is 27.4. The first-order valence-corrected chi connectivity index (χ1v) is 12.5. The van der Waals surface area contributed by atoms with Crippen LogP contribution in [-0.2, 0) is 4.74 Å². The van der Waals surface area contributed by atoms with Crippen molar-refractivity contribution >= 4 is 45.5 Å². The predicted octanol–water partition coefficient (Wildman–Crippen LogP) is 5.75. The van der Waals surface area contributed by atoms with E-state index in [0.29, 0.717) is 26.1 Å². The van der Waals surface area contributed by atoms with Crippen LogP contribution in [-0.4, -0.2) is 49.6 Å². The Labute approximate surface area is 197 Å². The Morgan fingerprint density at radius 2 is 1.55 bits per heavy atom. The van der Waals surface area contributed by atoms with E-state index in [-0.39, 0.29) is 5.91 Å². The third-order valence-electron chi connectivity index (χ3n) is 5.18. The molecule has 1 heterocycles. The number of thiophene rings is 1. The SMILES string of the molecule is CCCCCCCCCCCCNC(=S)Nc1sc(C(=O)N(C)C)c(C)c1C(=O)OC. The maximum Gasteiger partial charge on any atom is 0.341 e. The van der Waals surface area contributed by atoms with E-state index in [9.17, 15) is 9.59 Å². The minimum Gasteiger partial charge on any atom is -0.465 e. The summed E-state index contributed by atoms with van der Waals surface area (Å²) in [6.07, 6.45) is 12.9. The van der Waals surface area contributed by atoms with Gasteiger partial charge >= 0.3 is 5.97 Å². The van der Waals surface area contributed by atoms with Gasteiger partial charge in [-0.05, 0) is 31.1 Å². The Morgan fingerprint density at radius 3 is 2.06 bits per heavy atom. The average molecular weight is 470 g/mol. The quantitative estimate of drug-likeness (QED) is 0.205. The molecule has 176 valence electrons. The van der Waals surface area contributed by atoms with Crippen LogP contribution in [0.5, 0.6) is 0 Å². The normalized spacial score (nSPS) is 10.6. The molecule has 31 heavy (non-hydrogen) atoms. The van der Waals surface area contributed by atoms with Crippen LogP contribution in [0.4, 0.5) is 5.00 Å². The summed E-state index contributed by atoms with van der Waals surface area (Å²) >= 11 is 6.62. The number of nitrogens with zero attached hydrogens (tertiary/aromatic N) is 1. The number of hydrogen-bond donors (Lipinski definition) is 2. The molecule has 2 N–H and O–H groups in total. The van der Waals surface area contributed by atoms with Gasteiger partial charge in [0.05, 0.1) is 17.6 Å². The second kappa shape index (κ2) is 15.2. The van der Waals surface area contributed by atoms with Crippen molar-refractivity contribution in [1.29, 1.82) is 0 Å². The number of ether oxygens (including phenoxy) is 1. The summed E-state index contributed by atoms with van der Waals surface area (Å²) < 4.78 is 4.90. The molecule has 0 aliphatic rings. The minimum atomic E-state index is -0.480. The lowest BCUT2D eigenvalue weighted by Crippen LogP contribution is -2.29. The molecule has 0 saturated heterocycles. The number of unbranched alkanes of at least 4 members (excludes halogenated alkanes) is 9. The largest absolute Gasteiger partial charge is 0.465 e. The molecule has 0 fully saturated rings. The van der Waals surface area contributed by atoms with Gasteiger partial charge in [0.2, 0.25) is 0 Å². The highest BCUT2D eigenvalue weighted by molar-refractivity contribution is 7.80. The highest BCUT2D eigenvalue weighted by Crippen LogP contribution is 2.34. The molecule has 8 heteroatoms. The topological polar surface area (TPSA) is 70.7 Å². The van der Waals surface area contributed by atoms with E-state index >= 15 is 0 Å². The molecule has 0 bridgehead atoms. The first-order chi connectivity index (χ1) is 14.8. The fraction of sp³-hybridized carbons (Fsp3) is 0.696. The van der Waals surface area contributed by atoms with Gasteiger partial charge in [-0.15, -0.1) is 11.3 Å². The van der Waals surface area contributed by atoms with Crippen LogP contribution in [0.1, 0.15) is 96.7 Å². The van der Waals surface area contributed by atoms with E-state index in [0.717, 1.165) is 13.0 Å². The molecular formula is C23H39N3O3S2. The van der Waals surface area contributed by atoms with Crippen molar-refractivity contribution in [2.45, 2.75) is 78.1 Å². The molecule has 1 aromatic rings. The summed E-state index contributed by atoms with van der Waals surface area (Å²) in [6, 6.07) is 0. The van der Waals surface area contributed by atoms with Crippen molar-refractivity contribution in [3.8, 4) is 0 Å². The van der Waals surface area contributed by atoms with Crippen molar-refractivity contribution in [3.63, 3.8) is 0 Å². The van der Waals surface area contributed by atoms with Gasteiger partial charge in [0.15, 0.2) is 5.11 Å². The lowest BCUT2D eigenvalue weighted by Gasteiger charge is -2.10. The smallest absolute Gasteiger partial charge is 0.341 e.